The number of carbonyl (C=O) groups is 1. The molecule has 1 N–H and O–H groups in total. The molecular formula is C10H14ClN3O. The molecule has 4 nitrogen and oxygen atoms in total. The van der Waals surface area contributed by atoms with Gasteiger partial charge in [0.15, 0.2) is 0 Å². The highest BCUT2D eigenvalue weighted by Gasteiger charge is 2.02. The van der Waals surface area contributed by atoms with Crippen LogP contribution in [0.25, 0.3) is 0 Å². The molecule has 1 amide bonds. The summed E-state index contributed by atoms with van der Waals surface area (Å²) in [5.74, 6) is -0.0205. The molecule has 1 rings (SSSR count). The lowest BCUT2D eigenvalue weighted by atomic mass is 10.3. The summed E-state index contributed by atoms with van der Waals surface area (Å²) in [6, 6.07) is 3.37. The smallest absolute Gasteiger partial charge is 0.225 e. The van der Waals surface area contributed by atoms with E-state index in [0.717, 1.165) is 6.54 Å². The van der Waals surface area contributed by atoms with E-state index in [-0.39, 0.29) is 5.91 Å². The second-order valence-corrected chi connectivity index (χ2v) is 3.86. The number of nitrogens with one attached hydrogen (secondary N) is 1. The molecule has 0 aliphatic rings. The summed E-state index contributed by atoms with van der Waals surface area (Å²) in [6.07, 6.45) is 2.01. The highest BCUT2D eigenvalue weighted by atomic mass is 35.5. The van der Waals surface area contributed by atoms with E-state index >= 15 is 0 Å². The summed E-state index contributed by atoms with van der Waals surface area (Å²) >= 11 is 5.62. The number of carbonyl (C=O) groups excluding carboxylic acids is 1. The molecule has 5 heteroatoms. The first-order valence-corrected chi connectivity index (χ1v) is 5.02. The fourth-order valence-corrected chi connectivity index (χ4v) is 1.11. The lowest BCUT2D eigenvalue weighted by molar-refractivity contribution is -0.116. The molecule has 0 aromatic carbocycles. The van der Waals surface area contributed by atoms with Gasteiger partial charge in [0, 0.05) is 13.0 Å². The number of nitrogens with zero attached hydrogens (tertiary/aromatic N) is 2. The van der Waals surface area contributed by atoms with E-state index in [2.05, 4.69) is 10.3 Å². The third-order valence-electron chi connectivity index (χ3n) is 1.80. The number of hydrogen-bond donors (Lipinski definition) is 1. The zero-order valence-corrected chi connectivity index (χ0v) is 9.58. The minimum absolute atomic E-state index is 0.0205. The molecular weight excluding hydrogens is 214 g/mol. The highest BCUT2D eigenvalue weighted by molar-refractivity contribution is 6.29. The summed E-state index contributed by atoms with van der Waals surface area (Å²) in [5, 5.41) is 3.16. The Balaban J connectivity index is 2.41. The maximum absolute atomic E-state index is 11.4. The third kappa shape index (κ3) is 4.76. The Labute approximate surface area is 94.3 Å². The van der Waals surface area contributed by atoms with Gasteiger partial charge < -0.3 is 10.2 Å². The topological polar surface area (TPSA) is 45.2 Å². The van der Waals surface area contributed by atoms with Gasteiger partial charge in [0.1, 0.15) is 5.15 Å². The Morgan fingerprint density at radius 2 is 2.27 bits per heavy atom. The van der Waals surface area contributed by atoms with E-state index in [4.69, 9.17) is 11.6 Å². The zero-order valence-electron chi connectivity index (χ0n) is 8.83. The third-order valence-corrected chi connectivity index (χ3v) is 2.02. The molecule has 0 radical (unpaired) electrons. The maximum Gasteiger partial charge on any atom is 0.225 e. The molecule has 0 fully saturated rings. The maximum atomic E-state index is 11.4. The van der Waals surface area contributed by atoms with Gasteiger partial charge in [-0.25, -0.2) is 4.98 Å². The summed E-state index contributed by atoms with van der Waals surface area (Å²) < 4.78 is 0. The van der Waals surface area contributed by atoms with Crippen LogP contribution in [0.5, 0.6) is 0 Å². The fraction of sp³-hybridized carbons (Fsp3) is 0.400. The van der Waals surface area contributed by atoms with Crippen LogP contribution >= 0.6 is 11.6 Å². The van der Waals surface area contributed by atoms with Gasteiger partial charge in [-0.05, 0) is 26.2 Å². The number of hydrogen-bond acceptors (Lipinski definition) is 3. The van der Waals surface area contributed by atoms with Crippen molar-refractivity contribution in [3.8, 4) is 0 Å². The zero-order chi connectivity index (χ0) is 11.3. The number of aromatic nitrogens is 1. The fourth-order valence-electron chi connectivity index (χ4n) is 0.998. The number of halogens is 1. The van der Waals surface area contributed by atoms with Crippen molar-refractivity contribution in [1.29, 1.82) is 0 Å². The number of anilines is 1. The van der Waals surface area contributed by atoms with Gasteiger partial charge in [-0.15, -0.1) is 0 Å². The number of amides is 1. The SMILES string of the molecule is CN(C)CCC(=O)Nc1ccc(Cl)nc1. The Morgan fingerprint density at radius 1 is 1.53 bits per heavy atom. The van der Waals surface area contributed by atoms with Gasteiger partial charge in [-0.2, -0.15) is 0 Å². The van der Waals surface area contributed by atoms with E-state index in [1.807, 2.05) is 19.0 Å². The van der Waals surface area contributed by atoms with E-state index in [9.17, 15) is 4.79 Å². The lowest BCUT2D eigenvalue weighted by Gasteiger charge is -2.09. The quantitative estimate of drug-likeness (QED) is 0.796. The van der Waals surface area contributed by atoms with Crippen LogP contribution < -0.4 is 5.32 Å². The standard InChI is InChI=1S/C10H14ClN3O/c1-14(2)6-5-10(15)13-8-3-4-9(11)12-7-8/h3-4,7H,5-6H2,1-2H3,(H,13,15). The molecule has 0 aliphatic carbocycles. The van der Waals surface area contributed by atoms with Crippen LogP contribution in [0.1, 0.15) is 6.42 Å². The second-order valence-electron chi connectivity index (χ2n) is 3.47. The Morgan fingerprint density at radius 3 is 2.80 bits per heavy atom. The van der Waals surface area contributed by atoms with Crippen LogP contribution in [0.15, 0.2) is 18.3 Å². The van der Waals surface area contributed by atoms with Crippen molar-refractivity contribution < 1.29 is 4.79 Å². The van der Waals surface area contributed by atoms with Crippen molar-refractivity contribution in [1.82, 2.24) is 9.88 Å². The molecule has 0 aliphatic heterocycles. The van der Waals surface area contributed by atoms with Crippen molar-refractivity contribution in [3.63, 3.8) is 0 Å². The summed E-state index contributed by atoms with van der Waals surface area (Å²) in [5.41, 5.74) is 0.670. The molecule has 0 bridgehead atoms. The van der Waals surface area contributed by atoms with Crippen LogP contribution in [0, 0.1) is 0 Å². The molecule has 0 spiro atoms. The Bertz CT molecular complexity index is 324. The molecule has 1 heterocycles. The van der Waals surface area contributed by atoms with Crippen molar-refractivity contribution in [3.05, 3.63) is 23.5 Å². The molecule has 15 heavy (non-hydrogen) atoms. The average molecular weight is 228 g/mol. The monoisotopic (exact) mass is 227 g/mol. The first kappa shape index (κ1) is 11.9. The van der Waals surface area contributed by atoms with Crippen molar-refractivity contribution in [2.45, 2.75) is 6.42 Å². The minimum atomic E-state index is -0.0205. The summed E-state index contributed by atoms with van der Waals surface area (Å²) in [7, 11) is 3.86. The number of rotatable bonds is 4. The van der Waals surface area contributed by atoms with E-state index < -0.39 is 0 Å². The Kier molecular flexibility index (Phi) is 4.52. The molecule has 1 aromatic rings. The van der Waals surface area contributed by atoms with Gasteiger partial charge in [-0.1, -0.05) is 11.6 Å². The normalized spacial score (nSPS) is 10.4. The van der Waals surface area contributed by atoms with Crippen LogP contribution in [0.3, 0.4) is 0 Å². The van der Waals surface area contributed by atoms with Crippen LogP contribution in [-0.4, -0.2) is 36.4 Å². The molecule has 0 saturated carbocycles. The van der Waals surface area contributed by atoms with E-state index in [1.165, 1.54) is 6.20 Å². The van der Waals surface area contributed by atoms with E-state index in [0.29, 0.717) is 17.3 Å². The lowest BCUT2D eigenvalue weighted by Crippen LogP contribution is -2.20. The van der Waals surface area contributed by atoms with Crippen LogP contribution in [0.2, 0.25) is 5.15 Å². The predicted octanol–water partition coefficient (Wildman–Crippen LogP) is 1.63. The van der Waals surface area contributed by atoms with Crippen LogP contribution in [0.4, 0.5) is 5.69 Å². The van der Waals surface area contributed by atoms with Crippen molar-refractivity contribution in [2.24, 2.45) is 0 Å². The summed E-state index contributed by atoms with van der Waals surface area (Å²) in [4.78, 5) is 17.2. The first-order valence-electron chi connectivity index (χ1n) is 4.64. The largest absolute Gasteiger partial charge is 0.325 e. The van der Waals surface area contributed by atoms with Gasteiger partial charge >= 0.3 is 0 Å². The number of pyridine rings is 1. The first-order chi connectivity index (χ1) is 7.08. The van der Waals surface area contributed by atoms with Crippen LogP contribution in [-0.2, 0) is 4.79 Å². The minimum Gasteiger partial charge on any atom is -0.325 e. The molecule has 1 aromatic heterocycles. The highest BCUT2D eigenvalue weighted by Crippen LogP contribution is 2.09. The summed E-state index contributed by atoms with van der Waals surface area (Å²) in [6.45, 7) is 0.729. The second kappa shape index (κ2) is 5.68. The molecule has 0 atom stereocenters. The molecule has 82 valence electrons. The molecule has 0 saturated heterocycles. The van der Waals surface area contributed by atoms with Gasteiger partial charge in [-0.3, -0.25) is 4.79 Å². The van der Waals surface area contributed by atoms with Crippen molar-refractivity contribution in [2.75, 3.05) is 26.0 Å². The predicted molar refractivity (Wildman–Crippen MR) is 61.0 cm³/mol. The van der Waals surface area contributed by atoms with Gasteiger partial charge in [0.05, 0.1) is 11.9 Å². The van der Waals surface area contributed by atoms with Gasteiger partial charge in [0.2, 0.25) is 5.91 Å². The van der Waals surface area contributed by atoms with Gasteiger partial charge in [0.25, 0.3) is 0 Å². The average Bonchev–Trinajstić information content (AvgIpc) is 2.19. The van der Waals surface area contributed by atoms with Crippen molar-refractivity contribution >= 4 is 23.2 Å². The molecule has 0 unspecified atom stereocenters. The Hall–Kier alpha value is -1.13. The van der Waals surface area contributed by atoms with E-state index in [1.54, 1.807) is 12.1 Å².